The predicted octanol–water partition coefficient (Wildman–Crippen LogP) is 2.00. The van der Waals surface area contributed by atoms with Crippen molar-refractivity contribution in [3.63, 3.8) is 0 Å². The molecule has 0 radical (unpaired) electrons. The van der Waals surface area contributed by atoms with Gasteiger partial charge in [0, 0.05) is 13.0 Å². The number of carbonyl (C=O) groups is 1. The maximum Gasteiger partial charge on any atom is 0.237 e. The molecule has 0 saturated carbocycles. The third kappa shape index (κ3) is 2.14. The lowest BCUT2D eigenvalue weighted by atomic mass is 10.1. The maximum atomic E-state index is 11.5. The third-order valence-electron chi connectivity index (χ3n) is 2.88. The summed E-state index contributed by atoms with van der Waals surface area (Å²) >= 11 is 0. The first-order chi connectivity index (χ1) is 7.72. The summed E-state index contributed by atoms with van der Waals surface area (Å²) in [5, 5.41) is 3.87. The molecule has 16 heavy (non-hydrogen) atoms. The van der Waals surface area contributed by atoms with E-state index in [1.807, 2.05) is 6.92 Å². The van der Waals surface area contributed by atoms with Crippen LogP contribution in [-0.4, -0.2) is 22.5 Å². The first-order valence-corrected chi connectivity index (χ1v) is 5.70. The average Bonchev–Trinajstić information content (AvgIpc) is 2.96. The summed E-state index contributed by atoms with van der Waals surface area (Å²) in [5.74, 6) is 0.774. The summed E-state index contributed by atoms with van der Waals surface area (Å²) in [7, 11) is 0. The van der Waals surface area contributed by atoms with E-state index in [2.05, 4.69) is 10.1 Å². The second-order valence-corrected chi connectivity index (χ2v) is 4.03. The van der Waals surface area contributed by atoms with Crippen LogP contribution in [0.4, 0.5) is 0 Å². The van der Waals surface area contributed by atoms with E-state index in [1.54, 1.807) is 6.92 Å². The van der Waals surface area contributed by atoms with Crippen molar-refractivity contribution in [3.05, 3.63) is 11.7 Å². The fourth-order valence-corrected chi connectivity index (χ4v) is 1.78. The SMILES string of the molecule is CCC(=O)C(C)c1nc(C2CCCO2)no1. The Morgan fingerprint density at radius 1 is 1.62 bits per heavy atom. The number of ether oxygens (including phenoxy) is 1. The second kappa shape index (κ2) is 4.74. The van der Waals surface area contributed by atoms with Gasteiger partial charge in [0.2, 0.25) is 11.7 Å². The summed E-state index contributed by atoms with van der Waals surface area (Å²) in [4.78, 5) is 15.7. The van der Waals surface area contributed by atoms with Crippen molar-refractivity contribution in [1.29, 1.82) is 0 Å². The van der Waals surface area contributed by atoms with Gasteiger partial charge in [0.25, 0.3) is 0 Å². The number of hydrogen-bond acceptors (Lipinski definition) is 5. The highest BCUT2D eigenvalue weighted by Crippen LogP contribution is 2.27. The number of aromatic nitrogens is 2. The molecule has 88 valence electrons. The average molecular weight is 224 g/mol. The minimum Gasteiger partial charge on any atom is -0.370 e. The van der Waals surface area contributed by atoms with Gasteiger partial charge in [0.15, 0.2) is 0 Å². The molecule has 0 amide bonds. The van der Waals surface area contributed by atoms with E-state index in [-0.39, 0.29) is 17.8 Å². The van der Waals surface area contributed by atoms with E-state index >= 15 is 0 Å². The molecule has 1 aromatic rings. The van der Waals surface area contributed by atoms with Gasteiger partial charge in [0.1, 0.15) is 11.9 Å². The minimum atomic E-state index is -0.312. The van der Waals surface area contributed by atoms with Crippen molar-refractivity contribution in [2.45, 2.75) is 45.1 Å². The van der Waals surface area contributed by atoms with Gasteiger partial charge in [-0.25, -0.2) is 0 Å². The predicted molar refractivity (Wildman–Crippen MR) is 55.9 cm³/mol. The first-order valence-electron chi connectivity index (χ1n) is 5.70. The fourth-order valence-electron chi connectivity index (χ4n) is 1.78. The van der Waals surface area contributed by atoms with Gasteiger partial charge in [-0.1, -0.05) is 12.1 Å². The summed E-state index contributed by atoms with van der Waals surface area (Å²) in [6, 6.07) is 0. The van der Waals surface area contributed by atoms with Gasteiger partial charge in [0.05, 0.1) is 5.92 Å². The van der Waals surface area contributed by atoms with Crippen LogP contribution in [0.5, 0.6) is 0 Å². The fraction of sp³-hybridized carbons (Fsp3) is 0.727. The van der Waals surface area contributed by atoms with Crippen molar-refractivity contribution in [2.24, 2.45) is 0 Å². The van der Waals surface area contributed by atoms with Crippen LogP contribution in [0, 0.1) is 0 Å². The van der Waals surface area contributed by atoms with Crippen molar-refractivity contribution in [1.82, 2.24) is 10.1 Å². The highest BCUT2D eigenvalue weighted by Gasteiger charge is 2.26. The van der Waals surface area contributed by atoms with Crippen LogP contribution in [-0.2, 0) is 9.53 Å². The Hall–Kier alpha value is -1.23. The van der Waals surface area contributed by atoms with Gasteiger partial charge in [-0.3, -0.25) is 4.79 Å². The number of hydrogen-bond donors (Lipinski definition) is 0. The normalized spacial score (nSPS) is 22.2. The highest BCUT2D eigenvalue weighted by atomic mass is 16.5. The summed E-state index contributed by atoms with van der Waals surface area (Å²) in [6.45, 7) is 4.37. The molecule has 2 unspecified atom stereocenters. The molecule has 2 rings (SSSR count). The van der Waals surface area contributed by atoms with Crippen molar-refractivity contribution in [3.8, 4) is 0 Å². The molecule has 1 aliphatic heterocycles. The van der Waals surface area contributed by atoms with Gasteiger partial charge >= 0.3 is 0 Å². The van der Waals surface area contributed by atoms with Gasteiger partial charge in [-0.2, -0.15) is 4.98 Å². The number of carbonyl (C=O) groups excluding carboxylic acids is 1. The molecular weight excluding hydrogens is 208 g/mol. The monoisotopic (exact) mass is 224 g/mol. The molecule has 1 aromatic heterocycles. The Balaban J connectivity index is 2.09. The topological polar surface area (TPSA) is 65.2 Å². The van der Waals surface area contributed by atoms with E-state index in [0.717, 1.165) is 19.4 Å². The van der Waals surface area contributed by atoms with Gasteiger partial charge in [-0.15, -0.1) is 0 Å². The van der Waals surface area contributed by atoms with Gasteiger partial charge in [-0.05, 0) is 19.8 Å². The van der Waals surface area contributed by atoms with E-state index in [0.29, 0.717) is 18.1 Å². The number of nitrogens with zero attached hydrogens (tertiary/aromatic N) is 2. The lowest BCUT2D eigenvalue weighted by Crippen LogP contribution is -2.08. The molecular formula is C11H16N2O3. The van der Waals surface area contributed by atoms with Crippen molar-refractivity contribution in [2.75, 3.05) is 6.61 Å². The Morgan fingerprint density at radius 3 is 3.06 bits per heavy atom. The zero-order valence-electron chi connectivity index (χ0n) is 9.60. The molecule has 0 spiro atoms. The second-order valence-electron chi connectivity index (χ2n) is 4.03. The zero-order chi connectivity index (χ0) is 11.5. The van der Waals surface area contributed by atoms with Crippen LogP contribution >= 0.6 is 0 Å². The van der Waals surface area contributed by atoms with Crippen LogP contribution in [0.2, 0.25) is 0 Å². The first kappa shape index (κ1) is 11.3. The molecule has 0 N–H and O–H groups in total. The quantitative estimate of drug-likeness (QED) is 0.782. The Morgan fingerprint density at radius 2 is 2.44 bits per heavy atom. The lowest BCUT2D eigenvalue weighted by molar-refractivity contribution is -0.120. The van der Waals surface area contributed by atoms with E-state index in [4.69, 9.17) is 9.26 Å². The third-order valence-corrected chi connectivity index (χ3v) is 2.88. The van der Waals surface area contributed by atoms with Crippen LogP contribution in [0.3, 0.4) is 0 Å². The maximum absolute atomic E-state index is 11.5. The van der Waals surface area contributed by atoms with Gasteiger partial charge < -0.3 is 9.26 Å². The summed E-state index contributed by atoms with van der Waals surface area (Å²) in [5.41, 5.74) is 0. The Labute approximate surface area is 94.2 Å². The van der Waals surface area contributed by atoms with E-state index < -0.39 is 0 Å². The Kier molecular flexibility index (Phi) is 3.33. The number of rotatable bonds is 4. The smallest absolute Gasteiger partial charge is 0.237 e. The van der Waals surface area contributed by atoms with Crippen LogP contribution in [0.1, 0.15) is 56.8 Å². The van der Waals surface area contributed by atoms with Crippen molar-refractivity contribution >= 4 is 5.78 Å². The Bertz CT molecular complexity index is 369. The van der Waals surface area contributed by atoms with Crippen molar-refractivity contribution < 1.29 is 14.1 Å². The molecule has 0 aliphatic carbocycles. The number of Topliss-reactive ketones (excluding diaryl/α,β-unsaturated/α-hetero) is 1. The largest absolute Gasteiger partial charge is 0.370 e. The molecule has 5 heteroatoms. The molecule has 1 fully saturated rings. The van der Waals surface area contributed by atoms with E-state index in [9.17, 15) is 4.79 Å². The lowest BCUT2D eigenvalue weighted by Gasteiger charge is -2.02. The highest BCUT2D eigenvalue weighted by molar-refractivity contribution is 5.83. The van der Waals surface area contributed by atoms with Crippen LogP contribution in [0.15, 0.2) is 4.52 Å². The molecule has 1 aliphatic rings. The zero-order valence-corrected chi connectivity index (χ0v) is 9.60. The molecule has 2 heterocycles. The van der Waals surface area contributed by atoms with Crippen LogP contribution in [0.25, 0.3) is 0 Å². The molecule has 5 nitrogen and oxygen atoms in total. The minimum absolute atomic E-state index is 0.0542. The molecule has 1 saturated heterocycles. The summed E-state index contributed by atoms with van der Waals surface area (Å²) in [6.07, 6.45) is 2.38. The summed E-state index contributed by atoms with van der Waals surface area (Å²) < 4.78 is 10.5. The standard InChI is InChI=1S/C11H16N2O3/c1-3-8(14)7(2)11-12-10(13-16-11)9-5-4-6-15-9/h7,9H,3-6H2,1-2H3. The molecule has 0 bridgehead atoms. The molecule has 2 atom stereocenters. The number of ketones is 1. The van der Waals surface area contributed by atoms with E-state index in [1.165, 1.54) is 0 Å². The molecule has 0 aromatic carbocycles. The van der Waals surface area contributed by atoms with Crippen LogP contribution < -0.4 is 0 Å².